The minimum Gasteiger partial charge on any atom is -0.381 e. The second-order valence-electron chi connectivity index (χ2n) is 2.86. The Hall–Kier alpha value is -1.43. The molecule has 78 valence electrons. The third-order valence-corrected chi connectivity index (χ3v) is 2.46. The first-order valence-electron chi connectivity index (χ1n) is 3.95. The van der Waals surface area contributed by atoms with E-state index in [0.29, 0.717) is 10.0 Å². The van der Waals surface area contributed by atoms with Gasteiger partial charge in [-0.3, -0.25) is 0 Å². The van der Waals surface area contributed by atoms with Crippen molar-refractivity contribution < 1.29 is 13.3 Å². The molecule has 0 saturated heterocycles. The molecule has 1 aromatic carbocycles. The number of nitrogen functional groups attached to an aromatic ring is 1. The van der Waals surface area contributed by atoms with Crippen LogP contribution >= 0.6 is 15.9 Å². The summed E-state index contributed by atoms with van der Waals surface area (Å²) in [5.41, 5.74) is 5.71. The lowest BCUT2D eigenvalue weighted by atomic mass is 10.1. The quantitative estimate of drug-likeness (QED) is 0.814. The summed E-state index contributed by atoms with van der Waals surface area (Å²) in [5.74, 6) is -1.43. The van der Waals surface area contributed by atoms with Gasteiger partial charge in [0, 0.05) is 16.1 Å². The number of nitrogens with zero attached hydrogens (tertiary/aromatic N) is 1. The van der Waals surface area contributed by atoms with Crippen molar-refractivity contribution in [1.82, 2.24) is 5.16 Å². The topological polar surface area (TPSA) is 52.0 Å². The molecule has 0 unspecified atom stereocenters. The maximum atomic E-state index is 13.0. The molecule has 0 atom stereocenters. The van der Waals surface area contributed by atoms with Crippen LogP contribution in [0.3, 0.4) is 0 Å². The van der Waals surface area contributed by atoms with E-state index in [1.54, 1.807) is 0 Å². The fourth-order valence-corrected chi connectivity index (χ4v) is 1.64. The largest absolute Gasteiger partial charge is 0.381 e. The van der Waals surface area contributed by atoms with Crippen molar-refractivity contribution in [1.29, 1.82) is 0 Å². The highest BCUT2D eigenvalue weighted by Gasteiger charge is 2.13. The molecule has 2 N–H and O–H groups in total. The molecule has 0 radical (unpaired) electrons. The fraction of sp³-hybridized carbons (Fsp3) is 0. The van der Waals surface area contributed by atoms with Crippen LogP contribution in [0.25, 0.3) is 11.3 Å². The molecule has 0 aliphatic carbocycles. The molecular weight excluding hydrogens is 270 g/mol. The lowest BCUT2D eigenvalue weighted by Gasteiger charge is -2.00. The van der Waals surface area contributed by atoms with Gasteiger partial charge >= 0.3 is 0 Å². The smallest absolute Gasteiger partial charge is 0.170 e. The van der Waals surface area contributed by atoms with Gasteiger partial charge in [-0.15, -0.1) is 0 Å². The Balaban J connectivity index is 2.58. The van der Waals surface area contributed by atoms with Crippen LogP contribution < -0.4 is 5.73 Å². The summed E-state index contributed by atoms with van der Waals surface area (Å²) < 4.78 is 31.0. The molecule has 0 fully saturated rings. The number of hydrogen-bond acceptors (Lipinski definition) is 3. The Kier molecular flexibility index (Phi) is 2.44. The van der Waals surface area contributed by atoms with E-state index >= 15 is 0 Å². The Morgan fingerprint density at radius 3 is 2.47 bits per heavy atom. The fourth-order valence-electron chi connectivity index (χ4n) is 1.13. The number of nitrogens with two attached hydrogens (primary N) is 1. The number of aromatic nitrogens is 1. The number of rotatable bonds is 1. The molecule has 0 aliphatic heterocycles. The number of benzene rings is 1. The summed E-state index contributed by atoms with van der Waals surface area (Å²) in [7, 11) is 0. The van der Waals surface area contributed by atoms with Crippen LogP contribution in [-0.4, -0.2) is 5.16 Å². The maximum absolute atomic E-state index is 13.0. The zero-order chi connectivity index (χ0) is 11.0. The average Bonchev–Trinajstić information content (AvgIpc) is 2.58. The Morgan fingerprint density at radius 2 is 1.87 bits per heavy atom. The first-order chi connectivity index (χ1) is 7.08. The van der Waals surface area contributed by atoms with E-state index in [1.165, 1.54) is 6.07 Å². The van der Waals surface area contributed by atoms with Gasteiger partial charge < -0.3 is 10.3 Å². The van der Waals surface area contributed by atoms with Gasteiger partial charge in [-0.1, -0.05) is 5.16 Å². The molecule has 2 rings (SSSR count). The lowest BCUT2D eigenvalue weighted by molar-refractivity contribution is 0.434. The molecule has 0 amide bonds. The van der Waals surface area contributed by atoms with Crippen LogP contribution in [-0.2, 0) is 0 Å². The molecule has 1 heterocycles. The summed E-state index contributed by atoms with van der Waals surface area (Å²) >= 11 is 3.09. The van der Waals surface area contributed by atoms with E-state index in [1.807, 2.05) is 0 Å². The average molecular weight is 275 g/mol. The third-order valence-electron chi connectivity index (χ3n) is 1.80. The van der Waals surface area contributed by atoms with Crippen LogP contribution in [0.4, 0.5) is 14.6 Å². The predicted octanol–water partition coefficient (Wildman–Crippen LogP) is 2.96. The van der Waals surface area contributed by atoms with Crippen molar-refractivity contribution >= 4 is 21.7 Å². The van der Waals surface area contributed by atoms with E-state index in [2.05, 4.69) is 21.1 Å². The number of hydrogen-bond donors (Lipinski definition) is 1. The molecule has 0 saturated carbocycles. The van der Waals surface area contributed by atoms with Crippen molar-refractivity contribution in [3.63, 3.8) is 0 Å². The Bertz CT molecular complexity index is 513. The molecular formula is C9H5BrF2N2O. The molecule has 3 nitrogen and oxygen atoms in total. The molecule has 0 aliphatic rings. The maximum Gasteiger partial charge on any atom is 0.170 e. The van der Waals surface area contributed by atoms with Crippen LogP contribution in [0.15, 0.2) is 27.2 Å². The van der Waals surface area contributed by atoms with Gasteiger partial charge in [0.15, 0.2) is 23.2 Å². The molecule has 0 bridgehead atoms. The first-order valence-corrected chi connectivity index (χ1v) is 4.74. The van der Waals surface area contributed by atoms with E-state index in [9.17, 15) is 8.78 Å². The van der Waals surface area contributed by atoms with E-state index in [4.69, 9.17) is 10.3 Å². The second-order valence-corrected chi connectivity index (χ2v) is 3.72. The number of halogens is 3. The highest BCUT2D eigenvalue weighted by Crippen LogP contribution is 2.31. The van der Waals surface area contributed by atoms with Gasteiger partial charge in [-0.05, 0) is 28.1 Å². The van der Waals surface area contributed by atoms with Crippen molar-refractivity contribution in [2.75, 3.05) is 5.73 Å². The molecule has 2 aromatic rings. The van der Waals surface area contributed by atoms with Gasteiger partial charge in [0.2, 0.25) is 0 Å². The lowest BCUT2D eigenvalue weighted by Crippen LogP contribution is -1.86. The zero-order valence-electron chi connectivity index (χ0n) is 7.30. The minimum absolute atomic E-state index is 0.182. The molecule has 15 heavy (non-hydrogen) atoms. The van der Waals surface area contributed by atoms with Crippen molar-refractivity contribution in [3.8, 4) is 11.3 Å². The van der Waals surface area contributed by atoms with Crippen molar-refractivity contribution in [2.24, 2.45) is 0 Å². The van der Waals surface area contributed by atoms with E-state index in [0.717, 1.165) is 12.1 Å². The summed E-state index contributed by atoms with van der Waals surface area (Å²) in [6.07, 6.45) is 0. The normalized spacial score (nSPS) is 10.6. The zero-order valence-corrected chi connectivity index (χ0v) is 8.88. The van der Waals surface area contributed by atoms with Crippen molar-refractivity contribution in [2.45, 2.75) is 0 Å². The highest BCUT2D eigenvalue weighted by atomic mass is 79.9. The summed E-state index contributed by atoms with van der Waals surface area (Å²) in [5, 5.41) is 3.45. The highest BCUT2D eigenvalue weighted by molar-refractivity contribution is 9.10. The van der Waals surface area contributed by atoms with Crippen LogP contribution in [0, 0.1) is 11.6 Å². The monoisotopic (exact) mass is 274 g/mol. The summed E-state index contributed by atoms with van der Waals surface area (Å²) in [6.45, 7) is 0. The van der Waals surface area contributed by atoms with E-state index in [-0.39, 0.29) is 11.6 Å². The van der Waals surface area contributed by atoms with Gasteiger partial charge in [0.1, 0.15) is 0 Å². The molecule has 0 spiro atoms. The molecule has 6 heteroatoms. The SMILES string of the molecule is Nc1cc(-c2cc(F)c(F)cc2Br)on1. The summed E-state index contributed by atoms with van der Waals surface area (Å²) in [6, 6.07) is 3.46. The molecule has 1 aromatic heterocycles. The first kappa shape index (κ1) is 10.1. The van der Waals surface area contributed by atoms with Crippen LogP contribution in [0.2, 0.25) is 0 Å². The van der Waals surface area contributed by atoms with Crippen LogP contribution in [0.1, 0.15) is 0 Å². The standard InChI is InChI=1S/C9H5BrF2N2O/c10-5-2-7(12)6(11)1-4(5)8-3-9(13)14-15-8/h1-3H,(H2,13,14). The third kappa shape index (κ3) is 1.85. The van der Waals surface area contributed by atoms with Crippen LogP contribution in [0.5, 0.6) is 0 Å². The van der Waals surface area contributed by atoms with Gasteiger partial charge in [0.05, 0.1) is 0 Å². The summed E-state index contributed by atoms with van der Waals surface area (Å²) in [4.78, 5) is 0. The second kappa shape index (κ2) is 3.62. The number of anilines is 1. The van der Waals surface area contributed by atoms with Gasteiger partial charge in [-0.2, -0.15) is 0 Å². The predicted molar refractivity (Wildman–Crippen MR) is 54.0 cm³/mol. The van der Waals surface area contributed by atoms with Gasteiger partial charge in [-0.25, -0.2) is 8.78 Å². The van der Waals surface area contributed by atoms with Gasteiger partial charge in [0.25, 0.3) is 0 Å². The Labute approximate surface area is 92.0 Å². The van der Waals surface area contributed by atoms with E-state index < -0.39 is 11.6 Å². The minimum atomic E-state index is -0.955. The van der Waals surface area contributed by atoms with Crippen molar-refractivity contribution in [3.05, 3.63) is 34.3 Å². The Morgan fingerprint density at radius 1 is 1.20 bits per heavy atom.